The minimum Gasteiger partial charge on any atom is -0.339 e. The van der Waals surface area contributed by atoms with Gasteiger partial charge in [-0.25, -0.2) is 0 Å². The molecular weight excluding hydrogens is 278 g/mol. The lowest BCUT2D eigenvalue weighted by Gasteiger charge is -2.29. The molecule has 1 saturated carbocycles. The van der Waals surface area contributed by atoms with Crippen LogP contribution in [-0.4, -0.2) is 32.4 Å². The Morgan fingerprint density at radius 3 is 2.79 bits per heavy atom. The van der Waals surface area contributed by atoms with Gasteiger partial charge in [-0.1, -0.05) is 19.0 Å². The van der Waals surface area contributed by atoms with Crippen molar-refractivity contribution in [1.82, 2.24) is 10.1 Å². The van der Waals surface area contributed by atoms with Gasteiger partial charge in [0.2, 0.25) is 5.89 Å². The van der Waals surface area contributed by atoms with Crippen LogP contribution in [0.25, 0.3) is 0 Å². The summed E-state index contributed by atoms with van der Waals surface area (Å²) in [6.45, 7) is 4.58. The smallest absolute Gasteiger partial charge is 0.229 e. The van der Waals surface area contributed by atoms with Crippen molar-refractivity contribution >= 4 is 23.5 Å². The molecule has 6 heteroatoms. The Labute approximate surface area is 122 Å². The zero-order chi connectivity index (χ0) is 13.4. The van der Waals surface area contributed by atoms with Gasteiger partial charge in [-0.05, 0) is 19.3 Å². The van der Waals surface area contributed by atoms with Crippen LogP contribution in [0.15, 0.2) is 4.52 Å². The largest absolute Gasteiger partial charge is 0.339 e. The van der Waals surface area contributed by atoms with Gasteiger partial charge in [0.25, 0.3) is 0 Å². The fourth-order valence-corrected chi connectivity index (χ4v) is 5.54. The molecule has 2 aliphatic rings. The molecular formula is C13H21N3OS2. The Morgan fingerprint density at radius 2 is 2.11 bits per heavy atom. The van der Waals surface area contributed by atoms with E-state index in [9.17, 15) is 0 Å². The second kappa shape index (κ2) is 5.66. The number of aromatic nitrogens is 2. The molecule has 0 bridgehead atoms. The molecule has 5 atom stereocenters. The number of nitrogens with zero attached hydrogens (tertiary/aromatic N) is 2. The van der Waals surface area contributed by atoms with Crippen LogP contribution in [0, 0.1) is 0 Å². The minimum atomic E-state index is 0.306. The number of nitrogens with two attached hydrogens (primary N) is 1. The van der Waals surface area contributed by atoms with E-state index in [4.69, 9.17) is 10.3 Å². The SMILES string of the molecule is CC1SCC(c2noc([C@@H]3CC[C@H](N)C3)n2)SC1C. The standard InChI is InChI=1S/C13H21N3OS2/c1-7-8(2)19-11(6-18-7)12-15-13(17-16-12)9-3-4-10(14)5-9/h7-11H,3-6,14H2,1-2H3/t7?,8?,9-,10+,11?/m1/s1. The second-order valence-electron chi connectivity index (χ2n) is 5.63. The predicted octanol–water partition coefficient (Wildman–Crippen LogP) is 2.96. The van der Waals surface area contributed by atoms with Crippen LogP contribution in [0.5, 0.6) is 0 Å². The average molecular weight is 299 g/mol. The van der Waals surface area contributed by atoms with Crippen molar-refractivity contribution < 1.29 is 4.52 Å². The van der Waals surface area contributed by atoms with Gasteiger partial charge in [0, 0.05) is 28.2 Å². The molecule has 2 heterocycles. The van der Waals surface area contributed by atoms with Gasteiger partial charge >= 0.3 is 0 Å². The molecule has 1 aromatic heterocycles. The zero-order valence-corrected chi connectivity index (χ0v) is 13.0. The molecule has 1 saturated heterocycles. The summed E-state index contributed by atoms with van der Waals surface area (Å²) in [5.74, 6) is 3.15. The maximum atomic E-state index is 5.95. The third-order valence-corrected chi connectivity index (χ3v) is 7.50. The molecule has 19 heavy (non-hydrogen) atoms. The normalized spacial score (nSPS) is 39.6. The molecule has 3 rings (SSSR count). The zero-order valence-electron chi connectivity index (χ0n) is 11.4. The molecule has 106 valence electrons. The van der Waals surface area contributed by atoms with Crippen LogP contribution >= 0.6 is 23.5 Å². The Morgan fingerprint density at radius 1 is 1.26 bits per heavy atom. The Hall–Kier alpha value is -0.200. The summed E-state index contributed by atoms with van der Waals surface area (Å²) in [7, 11) is 0. The Kier molecular flexibility index (Phi) is 4.10. The number of rotatable bonds is 2. The molecule has 3 unspecified atom stereocenters. The van der Waals surface area contributed by atoms with E-state index in [1.54, 1.807) is 0 Å². The highest BCUT2D eigenvalue weighted by molar-refractivity contribution is 8.07. The highest BCUT2D eigenvalue weighted by atomic mass is 32.2. The lowest BCUT2D eigenvalue weighted by Crippen LogP contribution is -2.22. The fraction of sp³-hybridized carbons (Fsp3) is 0.846. The van der Waals surface area contributed by atoms with Crippen molar-refractivity contribution in [2.45, 2.75) is 60.8 Å². The first kappa shape index (κ1) is 13.8. The summed E-state index contributed by atoms with van der Waals surface area (Å²) < 4.78 is 5.47. The van der Waals surface area contributed by atoms with Crippen molar-refractivity contribution in [3.05, 3.63) is 11.7 Å². The molecule has 4 nitrogen and oxygen atoms in total. The van der Waals surface area contributed by atoms with E-state index in [1.807, 2.05) is 23.5 Å². The molecule has 0 radical (unpaired) electrons. The third kappa shape index (κ3) is 2.95. The maximum absolute atomic E-state index is 5.95. The number of hydrogen-bond acceptors (Lipinski definition) is 6. The summed E-state index contributed by atoms with van der Waals surface area (Å²) in [5, 5.41) is 5.94. The van der Waals surface area contributed by atoms with Crippen LogP contribution in [0.2, 0.25) is 0 Å². The van der Waals surface area contributed by atoms with E-state index < -0.39 is 0 Å². The molecule has 1 aliphatic carbocycles. The number of thioether (sulfide) groups is 2. The van der Waals surface area contributed by atoms with E-state index in [-0.39, 0.29) is 0 Å². The van der Waals surface area contributed by atoms with Crippen molar-refractivity contribution in [3.8, 4) is 0 Å². The second-order valence-corrected chi connectivity index (χ2v) is 8.62. The van der Waals surface area contributed by atoms with Crippen molar-refractivity contribution in [3.63, 3.8) is 0 Å². The number of hydrogen-bond donors (Lipinski definition) is 1. The van der Waals surface area contributed by atoms with Crippen molar-refractivity contribution in [1.29, 1.82) is 0 Å². The summed E-state index contributed by atoms with van der Waals surface area (Å²) >= 11 is 3.98. The van der Waals surface area contributed by atoms with Gasteiger partial charge in [0.05, 0.1) is 5.25 Å². The summed E-state index contributed by atoms with van der Waals surface area (Å²) in [5.41, 5.74) is 5.95. The van der Waals surface area contributed by atoms with Crippen LogP contribution in [0.1, 0.15) is 56.0 Å². The van der Waals surface area contributed by atoms with Crippen molar-refractivity contribution in [2.75, 3.05) is 5.75 Å². The molecule has 1 aromatic rings. The lowest BCUT2D eigenvalue weighted by molar-refractivity contribution is 0.349. The topological polar surface area (TPSA) is 64.9 Å². The summed E-state index contributed by atoms with van der Waals surface area (Å²) in [4.78, 5) is 4.64. The quantitative estimate of drug-likeness (QED) is 0.905. The van der Waals surface area contributed by atoms with E-state index >= 15 is 0 Å². The third-order valence-electron chi connectivity index (χ3n) is 4.12. The van der Waals surface area contributed by atoms with Crippen LogP contribution in [-0.2, 0) is 0 Å². The average Bonchev–Trinajstić information content (AvgIpc) is 3.01. The van der Waals surface area contributed by atoms with Gasteiger partial charge in [-0.15, -0.1) is 11.8 Å². The van der Waals surface area contributed by atoms with Crippen molar-refractivity contribution in [2.24, 2.45) is 5.73 Å². The van der Waals surface area contributed by atoms with E-state index in [0.717, 1.165) is 36.7 Å². The Balaban J connectivity index is 1.68. The van der Waals surface area contributed by atoms with E-state index in [1.165, 1.54) is 0 Å². The van der Waals surface area contributed by atoms with Crippen LogP contribution in [0.4, 0.5) is 0 Å². The first-order chi connectivity index (χ1) is 9.13. The minimum absolute atomic E-state index is 0.306. The lowest BCUT2D eigenvalue weighted by atomic mass is 10.1. The van der Waals surface area contributed by atoms with Gasteiger partial charge in [0.1, 0.15) is 0 Å². The molecule has 0 amide bonds. The Bertz CT molecular complexity index is 439. The fourth-order valence-electron chi connectivity index (χ4n) is 2.70. The molecule has 0 aromatic carbocycles. The van der Waals surface area contributed by atoms with E-state index in [0.29, 0.717) is 27.7 Å². The highest BCUT2D eigenvalue weighted by Gasteiger charge is 2.32. The summed E-state index contributed by atoms with van der Waals surface area (Å²) in [6.07, 6.45) is 3.15. The molecule has 2 N–H and O–H groups in total. The van der Waals surface area contributed by atoms with Gasteiger partial charge in [0.15, 0.2) is 5.82 Å². The highest BCUT2D eigenvalue weighted by Crippen LogP contribution is 2.44. The molecule has 1 aliphatic heterocycles. The summed E-state index contributed by atoms with van der Waals surface area (Å²) in [6, 6.07) is 0.306. The van der Waals surface area contributed by atoms with Gasteiger partial charge in [-0.2, -0.15) is 16.7 Å². The first-order valence-corrected chi connectivity index (χ1v) is 8.98. The van der Waals surface area contributed by atoms with Crippen LogP contribution in [0.3, 0.4) is 0 Å². The van der Waals surface area contributed by atoms with Gasteiger partial charge in [-0.3, -0.25) is 0 Å². The first-order valence-electron chi connectivity index (χ1n) is 6.99. The molecule has 0 spiro atoms. The molecule has 2 fully saturated rings. The monoisotopic (exact) mass is 299 g/mol. The predicted molar refractivity (Wildman–Crippen MR) is 80.6 cm³/mol. The van der Waals surface area contributed by atoms with Crippen LogP contribution < -0.4 is 5.73 Å². The van der Waals surface area contributed by atoms with E-state index in [2.05, 4.69) is 24.0 Å². The maximum Gasteiger partial charge on any atom is 0.229 e. The van der Waals surface area contributed by atoms with Gasteiger partial charge < -0.3 is 10.3 Å².